The van der Waals surface area contributed by atoms with E-state index in [0.29, 0.717) is 16.6 Å². The van der Waals surface area contributed by atoms with Crippen molar-refractivity contribution in [3.8, 4) is 0 Å². The van der Waals surface area contributed by atoms with Gasteiger partial charge in [-0.1, -0.05) is 17.3 Å². The monoisotopic (exact) mass is 502 g/mol. The minimum absolute atomic E-state index is 0.153. The van der Waals surface area contributed by atoms with E-state index in [1.54, 1.807) is 45.0 Å². The summed E-state index contributed by atoms with van der Waals surface area (Å²) in [5.74, 6) is -0.970. The van der Waals surface area contributed by atoms with E-state index in [9.17, 15) is 22.8 Å². The lowest BCUT2D eigenvalue weighted by Crippen LogP contribution is -2.35. The highest BCUT2D eigenvalue weighted by molar-refractivity contribution is 7.92. The van der Waals surface area contributed by atoms with E-state index in [1.165, 1.54) is 24.3 Å². The average Bonchev–Trinajstić information content (AvgIpc) is 2.79. The Kier molecular flexibility index (Phi) is 7.54. The van der Waals surface area contributed by atoms with Crippen molar-refractivity contribution >= 4 is 38.5 Å². The van der Waals surface area contributed by atoms with Gasteiger partial charge in [0, 0.05) is 12.2 Å². The Morgan fingerprint density at radius 3 is 2.37 bits per heavy atom. The van der Waals surface area contributed by atoms with Gasteiger partial charge in [0.2, 0.25) is 0 Å². The van der Waals surface area contributed by atoms with Gasteiger partial charge in [0.05, 0.1) is 17.4 Å². The van der Waals surface area contributed by atoms with Gasteiger partial charge >= 0.3 is 12.1 Å². The fourth-order valence-electron chi connectivity index (χ4n) is 3.25. The van der Waals surface area contributed by atoms with E-state index in [-0.39, 0.29) is 17.9 Å². The van der Waals surface area contributed by atoms with Gasteiger partial charge in [-0.3, -0.25) is 14.9 Å². The highest BCUT2D eigenvalue weighted by Gasteiger charge is 2.35. The first-order valence-corrected chi connectivity index (χ1v) is 12.2. The molecule has 1 N–H and O–H groups in total. The van der Waals surface area contributed by atoms with Crippen LogP contribution in [-0.2, 0) is 30.7 Å². The maximum atomic E-state index is 13.2. The molecule has 2 aromatic carbocycles. The van der Waals surface area contributed by atoms with Gasteiger partial charge in [0.15, 0.2) is 15.1 Å². The quantitative estimate of drug-likeness (QED) is 0.481. The summed E-state index contributed by atoms with van der Waals surface area (Å²) in [5, 5.41) is 9.05. The number of aryl methyl sites for hydroxylation is 1. The van der Waals surface area contributed by atoms with Gasteiger partial charge in [0.1, 0.15) is 11.1 Å². The number of benzene rings is 2. The summed E-state index contributed by atoms with van der Waals surface area (Å²) < 4.78 is 37.4. The van der Waals surface area contributed by atoms with Crippen molar-refractivity contribution in [2.24, 2.45) is 0 Å². The minimum Gasteiger partial charge on any atom is -0.468 e. The number of aromatic nitrogens is 3. The highest BCUT2D eigenvalue weighted by atomic mass is 32.2. The summed E-state index contributed by atoms with van der Waals surface area (Å²) in [7, 11) is -3.11. The van der Waals surface area contributed by atoms with Crippen LogP contribution in [0.1, 0.15) is 27.2 Å². The van der Waals surface area contributed by atoms with Gasteiger partial charge in [-0.2, -0.15) is 0 Å². The van der Waals surface area contributed by atoms with Crippen LogP contribution in [-0.4, -0.2) is 53.4 Å². The van der Waals surface area contributed by atoms with Crippen LogP contribution in [0, 0.1) is 0 Å². The molecule has 1 heterocycles. The largest absolute Gasteiger partial charge is 0.468 e. The Morgan fingerprint density at radius 1 is 1.09 bits per heavy atom. The zero-order chi connectivity index (χ0) is 25.8. The van der Waals surface area contributed by atoms with Gasteiger partial charge < -0.3 is 9.47 Å². The normalized spacial score (nSPS) is 12.7. The topological polar surface area (TPSA) is 147 Å². The van der Waals surface area contributed by atoms with Crippen LogP contribution < -0.4 is 10.9 Å². The van der Waals surface area contributed by atoms with Crippen molar-refractivity contribution in [3.63, 3.8) is 0 Å². The second-order valence-corrected chi connectivity index (χ2v) is 10.8. The molecule has 1 atom stereocenters. The number of amides is 1. The molecule has 1 aromatic heterocycles. The molecule has 3 rings (SSSR count). The Balaban J connectivity index is 1.81. The van der Waals surface area contributed by atoms with Crippen LogP contribution in [0.4, 0.5) is 10.5 Å². The fourth-order valence-corrected chi connectivity index (χ4v) is 4.86. The van der Waals surface area contributed by atoms with Crippen molar-refractivity contribution in [2.75, 3.05) is 12.4 Å². The predicted molar refractivity (Wildman–Crippen MR) is 128 cm³/mol. The third kappa shape index (κ3) is 6.21. The third-order valence-electron chi connectivity index (χ3n) is 4.90. The minimum atomic E-state index is -4.19. The van der Waals surface area contributed by atoms with Crippen LogP contribution in [0.3, 0.4) is 0 Å². The van der Waals surface area contributed by atoms with Crippen molar-refractivity contribution in [1.29, 1.82) is 0 Å². The Morgan fingerprint density at radius 2 is 1.74 bits per heavy atom. The molecule has 0 fully saturated rings. The molecule has 0 saturated carbocycles. The van der Waals surface area contributed by atoms with Crippen LogP contribution in [0.25, 0.3) is 10.9 Å². The standard InChI is InChI=1S/C23H26N4O7S/c1-23(2,3)34-22(30)24-15-9-11-16(12-10-15)35(31,32)19(21(29)33-4)13-14-27-20(28)17-7-5-6-8-18(17)25-26-27/h5-12,19H,13-14H2,1-4H3,(H,24,30). The molecule has 0 aliphatic carbocycles. The highest BCUT2D eigenvalue weighted by Crippen LogP contribution is 2.22. The van der Waals surface area contributed by atoms with Gasteiger partial charge in [0.25, 0.3) is 5.56 Å². The van der Waals surface area contributed by atoms with Crippen LogP contribution in [0.5, 0.6) is 0 Å². The number of fused-ring (bicyclic) bond motifs is 1. The lowest BCUT2D eigenvalue weighted by molar-refractivity contribution is -0.140. The van der Waals surface area contributed by atoms with E-state index in [1.807, 2.05) is 0 Å². The number of sulfone groups is 1. The lowest BCUT2D eigenvalue weighted by Gasteiger charge is -2.20. The molecule has 186 valence electrons. The molecular weight excluding hydrogens is 476 g/mol. The number of nitrogens with one attached hydrogen (secondary N) is 1. The number of carbonyl (C=O) groups is 2. The summed E-state index contributed by atoms with van der Waals surface area (Å²) in [6, 6.07) is 11.9. The van der Waals surface area contributed by atoms with Gasteiger partial charge in [-0.05, 0) is 63.6 Å². The lowest BCUT2D eigenvalue weighted by atomic mass is 10.2. The van der Waals surface area contributed by atoms with E-state index in [2.05, 4.69) is 15.6 Å². The molecule has 0 saturated heterocycles. The maximum absolute atomic E-state index is 13.2. The average molecular weight is 503 g/mol. The number of rotatable bonds is 7. The van der Waals surface area contributed by atoms with E-state index in [4.69, 9.17) is 9.47 Å². The maximum Gasteiger partial charge on any atom is 0.412 e. The van der Waals surface area contributed by atoms with Crippen LogP contribution >= 0.6 is 0 Å². The van der Waals surface area contributed by atoms with Crippen LogP contribution in [0.15, 0.2) is 58.2 Å². The number of hydrogen-bond acceptors (Lipinski definition) is 9. The van der Waals surface area contributed by atoms with E-state index >= 15 is 0 Å². The molecule has 35 heavy (non-hydrogen) atoms. The first kappa shape index (κ1) is 25.8. The molecule has 0 radical (unpaired) electrons. The first-order chi connectivity index (χ1) is 16.4. The molecule has 0 bridgehead atoms. The summed E-state index contributed by atoms with van der Waals surface area (Å²) in [6.07, 6.45) is -0.956. The smallest absolute Gasteiger partial charge is 0.412 e. The second-order valence-electron chi connectivity index (χ2n) is 8.63. The molecule has 1 amide bonds. The van der Waals surface area contributed by atoms with Crippen molar-refractivity contribution in [2.45, 2.75) is 49.5 Å². The Hall–Kier alpha value is -3.80. The number of carbonyl (C=O) groups excluding carboxylic acids is 2. The number of nitrogens with zero attached hydrogens (tertiary/aromatic N) is 3. The first-order valence-electron chi connectivity index (χ1n) is 10.7. The van der Waals surface area contributed by atoms with Crippen LogP contribution in [0.2, 0.25) is 0 Å². The molecule has 12 heteroatoms. The van der Waals surface area contributed by atoms with E-state index in [0.717, 1.165) is 11.8 Å². The number of hydrogen-bond donors (Lipinski definition) is 1. The molecule has 3 aromatic rings. The molecule has 11 nitrogen and oxygen atoms in total. The van der Waals surface area contributed by atoms with Crippen molar-refractivity contribution < 1.29 is 27.5 Å². The SMILES string of the molecule is COC(=O)C(CCn1nnc2ccccc2c1=O)S(=O)(=O)c1ccc(NC(=O)OC(C)(C)C)cc1. The molecule has 0 aliphatic heterocycles. The summed E-state index contributed by atoms with van der Waals surface area (Å²) >= 11 is 0. The number of ether oxygens (including phenoxy) is 2. The predicted octanol–water partition coefficient (Wildman–Crippen LogP) is 2.54. The van der Waals surface area contributed by atoms with E-state index < -0.39 is 38.3 Å². The van der Waals surface area contributed by atoms with Crippen molar-refractivity contribution in [3.05, 3.63) is 58.9 Å². The summed E-state index contributed by atoms with van der Waals surface area (Å²) in [4.78, 5) is 36.8. The number of esters is 1. The van der Waals surface area contributed by atoms with Gasteiger partial charge in [-0.15, -0.1) is 5.10 Å². The molecule has 0 aliphatic rings. The second kappa shape index (κ2) is 10.2. The summed E-state index contributed by atoms with van der Waals surface area (Å²) in [5.41, 5.74) is -0.427. The number of methoxy groups -OCH3 is 1. The van der Waals surface area contributed by atoms with Crippen molar-refractivity contribution in [1.82, 2.24) is 15.0 Å². The Bertz CT molecular complexity index is 1390. The zero-order valence-corrected chi connectivity index (χ0v) is 20.5. The molecule has 0 spiro atoms. The molecule has 1 unspecified atom stereocenters. The fraction of sp³-hybridized carbons (Fsp3) is 0.348. The zero-order valence-electron chi connectivity index (χ0n) is 19.7. The number of anilines is 1. The molecular formula is C23H26N4O7S. The van der Waals surface area contributed by atoms with Gasteiger partial charge in [-0.25, -0.2) is 17.9 Å². The Labute approximate surface area is 202 Å². The third-order valence-corrected chi connectivity index (χ3v) is 7.01. The summed E-state index contributed by atoms with van der Waals surface area (Å²) in [6.45, 7) is 4.97.